The van der Waals surface area contributed by atoms with Gasteiger partial charge < -0.3 is 9.53 Å². The zero-order chi connectivity index (χ0) is 10.4. The number of hydrogen-bond donors (Lipinski definition) is 0. The summed E-state index contributed by atoms with van der Waals surface area (Å²) in [5.41, 5.74) is 0.726. The number of hydrogen-bond acceptors (Lipinski definition) is 3. The van der Waals surface area contributed by atoms with Crippen LogP contribution in [0.4, 0.5) is 8.78 Å². The van der Waals surface area contributed by atoms with Crippen molar-refractivity contribution in [2.24, 2.45) is 0 Å². The fourth-order valence-electron chi connectivity index (χ4n) is 0.862. The highest BCUT2D eigenvalue weighted by Crippen LogP contribution is 2.08. The molecular formula is C9H9F2NO2. The smallest absolute Gasteiger partial charge is 0.272 e. The zero-order valence-electron chi connectivity index (χ0n) is 7.32. The maximum Gasteiger partial charge on any atom is 0.272 e. The number of alkyl halides is 2. The van der Waals surface area contributed by atoms with E-state index in [0.717, 1.165) is 11.8 Å². The van der Waals surface area contributed by atoms with E-state index in [9.17, 15) is 13.6 Å². The number of pyridine rings is 1. The maximum atomic E-state index is 11.7. The topological polar surface area (TPSA) is 39.2 Å². The van der Waals surface area contributed by atoms with Gasteiger partial charge in [-0.05, 0) is 5.56 Å². The fraction of sp³-hybridized carbons (Fsp3) is 0.333. The second kappa shape index (κ2) is 5.26. The molecule has 76 valence electrons. The number of ether oxygens (including phenoxy) is 1. The number of carbonyl (C=O) groups is 1. The zero-order valence-corrected chi connectivity index (χ0v) is 7.32. The molecule has 0 unspecified atom stereocenters. The second-order valence-electron chi connectivity index (χ2n) is 2.58. The molecule has 5 heteroatoms. The van der Waals surface area contributed by atoms with Gasteiger partial charge in [0.25, 0.3) is 6.43 Å². The first-order valence-corrected chi connectivity index (χ1v) is 4.02. The van der Waals surface area contributed by atoms with Crippen LogP contribution in [0.2, 0.25) is 0 Å². The van der Waals surface area contributed by atoms with Crippen LogP contribution in [0.1, 0.15) is 5.56 Å². The van der Waals surface area contributed by atoms with Gasteiger partial charge in [-0.15, -0.1) is 0 Å². The van der Waals surface area contributed by atoms with Gasteiger partial charge in [0.2, 0.25) is 5.88 Å². The summed E-state index contributed by atoms with van der Waals surface area (Å²) in [4.78, 5) is 13.9. The normalized spacial score (nSPS) is 10.2. The molecule has 0 spiro atoms. The molecule has 0 aromatic carbocycles. The first kappa shape index (κ1) is 10.6. The molecule has 0 amide bonds. The van der Waals surface area contributed by atoms with Crippen LogP contribution >= 0.6 is 0 Å². The van der Waals surface area contributed by atoms with Crippen molar-refractivity contribution in [3.05, 3.63) is 23.9 Å². The Kier molecular flexibility index (Phi) is 3.97. The Labute approximate surface area is 79.7 Å². The fourth-order valence-corrected chi connectivity index (χ4v) is 0.862. The van der Waals surface area contributed by atoms with Crippen molar-refractivity contribution in [2.75, 3.05) is 6.61 Å². The lowest BCUT2D eigenvalue weighted by molar-refractivity contribution is -0.107. The molecule has 1 heterocycles. The van der Waals surface area contributed by atoms with Crippen molar-refractivity contribution in [3.63, 3.8) is 0 Å². The predicted molar refractivity (Wildman–Crippen MR) is 45.5 cm³/mol. The molecule has 3 nitrogen and oxygen atoms in total. The number of halogens is 2. The number of nitrogens with zero attached hydrogens (tertiary/aromatic N) is 1. The third-order valence-electron chi connectivity index (χ3n) is 1.47. The third-order valence-corrected chi connectivity index (χ3v) is 1.47. The van der Waals surface area contributed by atoms with Gasteiger partial charge in [-0.25, -0.2) is 13.8 Å². The molecule has 0 radical (unpaired) electrons. The van der Waals surface area contributed by atoms with Gasteiger partial charge in [-0.1, -0.05) is 6.07 Å². The van der Waals surface area contributed by atoms with E-state index in [1.165, 1.54) is 12.3 Å². The summed E-state index contributed by atoms with van der Waals surface area (Å²) < 4.78 is 28.1. The van der Waals surface area contributed by atoms with Crippen LogP contribution in [0, 0.1) is 0 Å². The van der Waals surface area contributed by atoms with Gasteiger partial charge in [0, 0.05) is 18.7 Å². The highest BCUT2D eigenvalue weighted by molar-refractivity contribution is 5.54. The lowest BCUT2D eigenvalue weighted by atomic mass is 10.2. The van der Waals surface area contributed by atoms with Crippen molar-refractivity contribution >= 4 is 6.29 Å². The van der Waals surface area contributed by atoms with Crippen molar-refractivity contribution < 1.29 is 18.3 Å². The van der Waals surface area contributed by atoms with Gasteiger partial charge in [0.05, 0.1) is 0 Å². The van der Waals surface area contributed by atoms with Crippen LogP contribution in [-0.2, 0) is 11.2 Å². The van der Waals surface area contributed by atoms with Crippen LogP contribution < -0.4 is 4.74 Å². The first-order valence-electron chi connectivity index (χ1n) is 4.02. The van der Waals surface area contributed by atoms with Gasteiger partial charge in [0.15, 0.2) is 6.61 Å². The van der Waals surface area contributed by atoms with Crippen LogP contribution in [0.15, 0.2) is 18.3 Å². The Balaban J connectivity index is 2.50. The van der Waals surface area contributed by atoms with E-state index in [2.05, 4.69) is 9.72 Å². The molecule has 0 saturated heterocycles. The monoisotopic (exact) mass is 201 g/mol. The SMILES string of the molecule is O=CCc1ccc(OCC(F)F)nc1. The van der Waals surface area contributed by atoms with E-state index in [0.29, 0.717) is 0 Å². The summed E-state index contributed by atoms with van der Waals surface area (Å²) in [5, 5.41) is 0. The van der Waals surface area contributed by atoms with Crippen LogP contribution in [0.25, 0.3) is 0 Å². The van der Waals surface area contributed by atoms with E-state index in [4.69, 9.17) is 0 Å². The molecule has 1 aromatic rings. The Bertz CT molecular complexity index is 287. The van der Waals surface area contributed by atoms with Crippen LogP contribution in [-0.4, -0.2) is 24.3 Å². The number of carbonyl (C=O) groups excluding carboxylic acids is 1. The second-order valence-corrected chi connectivity index (χ2v) is 2.58. The van der Waals surface area contributed by atoms with Crippen LogP contribution in [0.3, 0.4) is 0 Å². The molecule has 0 atom stereocenters. The Morgan fingerprint density at radius 1 is 1.50 bits per heavy atom. The lowest BCUT2D eigenvalue weighted by Crippen LogP contribution is -2.07. The van der Waals surface area contributed by atoms with Gasteiger partial charge in [0.1, 0.15) is 6.29 Å². The lowest BCUT2D eigenvalue weighted by Gasteiger charge is -2.03. The maximum absolute atomic E-state index is 11.7. The molecule has 0 aliphatic carbocycles. The quantitative estimate of drug-likeness (QED) is 0.677. The van der Waals surface area contributed by atoms with E-state index in [1.807, 2.05) is 0 Å². The van der Waals surface area contributed by atoms with Crippen molar-refractivity contribution in [2.45, 2.75) is 12.8 Å². The van der Waals surface area contributed by atoms with Crippen molar-refractivity contribution in [1.82, 2.24) is 4.98 Å². The molecule has 1 rings (SSSR count). The average molecular weight is 201 g/mol. The number of rotatable bonds is 5. The van der Waals surface area contributed by atoms with Gasteiger partial charge >= 0.3 is 0 Å². The van der Waals surface area contributed by atoms with Gasteiger partial charge in [-0.3, -0.25) is 0 Å². The minimum Gasteiger partial charge on any atom is -0.472 e. The molecule has 1 aromatic heterocycles. The number of aromatic nitrogens is 1. The third kappa shape index (κ3) is 3.47. The molecule has 0 N–H and O–H groups in total. The molecule has 0 aliphatic rings. The Hall–Kier alpha value is -1.52. The van der Waals surface area contributed by atoms with E-state index < -0.39 is 13.0 Å². The summed E-state index contributed by atoms with van der Waals surface area (Å²) in [6, 6.07) is 3.07. The van der Waals surface area contributed by atoms with Gasteiger partial charge in [-0.2, -0.15) is 0 Å². The predicted octanol–water partition coefficient (Wildman–Crippen LogP) is 1.47. The average Bonchev–Trinajstić information content (AvgIpc) is 2.17. The molecule has 0 fully saturated rings. The highest BCUT2D eigenvalue weighted by Gasteiger charge is 2.03. The summed E-state index contributed by atoms with van der Waals surface area (Å²) >= 11 is 0. The standard InChI is InChI=1S/C9H9F2NO2/c10-8(11)6-14-9-2-1-7(3-4-13)5-12-9/h1-2,4-5,8H,3,6H2. The summed E-state index contributed by atoms with van der Waals surface area (Å²) in [6.45, 7) is -0.667. The molecule has 0 aliphatic heterocycles. The Morgan fingerprint density at radius 2 is 2.29 bits per heavy atom. The molecule has 0 bridgehead atoms. The number of aldehydes is 1. The van der Waals surface area contributed by atoms with Crippen molar-refractivity contribution in [1.29, 1.82) is 0 Å². The molecule has 14 heavy (non-hydrogen) atoms. The van der Waals surface area contributed by atoms with E-state index >= 15 is 0 Å². The highest BCUT2D eigenvalue weighted by atomic mass is 19.3. The van der Waals surface area contributed by atoms with Crippen LogP contribution in [0.5, 0.6) is 5.88 Å². The summed E-state index contributed by atoms with van der Waals surface area (Å²) in [6.07, 6.45) is -0.0694. The summed E-state index contributed by atoms with van der Waals surface area (Å²) in [5.74, 6) is 0.139. The van der Waals surface area contributed by atoms with Crippen molar-refractivity contribution in [3.8, 4) is 5.88 Å². The van der Waals surface area contributed by atoms with E-state index in [-0.39, 0.29) is 12.3 Å². The summed E-state index contributed by atoms with van der Waals surface area (Å²) in [7, 11) is 0. The minimum absolute atomic E-state index is 0.139. The molecular weight excluding hydrogens is 192 g/mol. The van der Waals surface area contributed by atoms with E-state index in [1.54, 1.807) is 6.07 Å². The Morgan fingerprint density at radius 3 is 2.79 bits per heavy atom. The first-order chi connectivity index (χ1) is 6.72. The molecule has 0 saturated carbocycles. The minimum atomic E-state index is -2.51. The largest absolute Gasteiger partial charge is 0.472 e.